The first-order valence-corrected chi connectivity index (χ1v) is 12.4. The van der Waals surface area contributed by atoms with Gasteiger partial charge in [0.05, 0.1) is 5.02 Å². The molecule has 2 amide bonds. The van der Waals surface area contributed by atoms with Crippen molar-refractivity contribution in [3.63, 3.8) is 0 Å². The number of nitrogens with two attached hydrogens (primary N) is 1. The van der Waals surface area contributed by atoms with Crippen molar-refractivity contribution in [1.29, 1.82) is 0 Å². The molecule has 2 unspecified atom stereocenters. The summed E-state index contributed by atoms with van der Waals surface area (Å²) in [6.45, 7) is 0. The zero-order valence-electron chi connectivity index (χ0n) is 16.6. The Kier molecular flexibility index (Phi) is 4.51. The fourth-order valence-electron chi connectivity index (χ4n) is 6.33. The zero-order chi connectivity index (χ0) is 21.3. The average molecular weight is 452 g/mol. The maximum atomic E-state index is 13.2. The molecule has 7 nitrogen and oxygen atoms in total. The third-order valence-corrected chi connectivity index (χ3v) is 9.77. The summed E-state index contributed by atoms with van der Waals surface area (Å²) in [7, 11) is -3.92. The van der Waals surface area contributed by atoms with Crippen LogP contribution in [-0.2, 0) is 19.6 Å². The van der Waals surface area contributed by atoms with Crippen molar-refractivity contribution in [2.45, 2.75) is 61.4 Å². The minimum atomic E-state index is -3.92. The molecule has 5 aliphatic carbocycles. The van der Waals surface area contributed by atoms with E-state index in [1.54, 1.807) is 12.1 Å². The molecule has 0 heterocycles. The third-order valence-electron chi connectivity index (χ3n) is 7.73. The van der Waals surface area contributed by atoms with Gasteiger partial charge in [-0.3, -0.25) is 9.59 Å². The molecular weight excluding hydrogens is 426 g/mol. The van der Waals surface area contributed by atoms with Crippen LogP contribution in [0.2, 0.25) is 5.02 Å². The Morgan fingerprint density at radius 2 is 1.70 bits per heavy atom. The molecule has 1 aromatic rings. The summed E-state index contributed by atoms with van der Waals surface area (Å²) in [6, 6.07) is 6.18. The molecule has 0 spiro atoms. The van der Waals surface area contributed by atoms with Gasteiger partial charge < -0.3 is 11.1 Å². The SMILES string of the molecule is NC(=O)C12CC3CC(C1)C(NC(=O)C1(NS(=O)(=O)c4ccccc4Cl)CC1)C(C3)C2. The summed E-state index contributed by atoms with van der Waals surface area (Å²) in [5.74, 6) is 0.464. The van der Waals surface area contributed by atoms with Gasteiger partial charge in [0.1, 0.15) is 10.4 Å². The van der Waals surface area contributed by atoms with Gasteiger partial charge in [0.15, 0.2) is 0 Å². The first-order chi connectivity index (χ1) is 14.1. The second-order valence-electron chi connectivity index (χ2n) is 9.73. The van der Waals surface area contributed by atoms with E-state index in [-0.39, 0.29) is 39.6 Å². The fraction of sp³-hybridized carbons (Fsp3) is 0.619. The largest absolute Gasteiger partial charge is 0.369 e. The highest BCUT2D eigenvalue weighted by atomic mass is 35.5. The van der Waals surface area contributed by atoms with Gasteiger partial charge in [0, 0.05) is 11.5 Å². The van der Waals surface area contributed by atoms with Crippen LogP contribution in [0.4, 0.5) is 0 Å². The smallest absolute Gasteiger partial charge is 0.243 e. The van der Waals surface area contributed by atoms with Gasteiger partial charge >= 0.3 is 0 Å². The summed E-state index contributed by atoms with van der Waals surface area (Å²) < 4.78 is 28.3. The second kappa shape index (κ2) is 6.68. The van der Waals surface area contributed by atoms with Crippen LogP contribution in [0.15, 0.2) is 29.2 Å². The molecule has 30 heavy (non-hydrogen) atoms. The predicted octanol–water partition coefficient (Wildman–Crippen LogP) is 1.95. The van der Waals surface area contributed by atoms with Crippen LogP contribution in [0.3, 0.4) is 0 Å². The quantitative estimate of drug-likeness (QED) is 0.612. The van der Waals surface area contributed by atoms with Gasteiger partial charge in [-0.05, 0) is 74.8 Å². The summed E-state index contributed by atoms with van der Waals surface area (Å²) in [5.41, 5.74) is 4.21. The van der Waals surface area contributed by atoms with Crippen LogP contribution in [-0.4, -0.2) is 31.8 Å². The highest BCUT2D eigenvalue weighted by molar-refractivity contribution is 7.89. The number of benzene rings is 1. The van der Waals surface area contributed by atoms with Gasteiger partial charge in [0.2, 0.25) is 21.8 Å². The Labute approximate surface area is 181 Å². The lowest BCUT2D eigenvalue weighted by Gasteiger charge is -2.59. The number of nitrogens with one attached hydrogen (secondary N) is 2. The fourth-order valence-corrected chi connectivity index (χ4v) is 8.27. The second-order valence-corrected chi connectivity index (χ2v) is 11.8. The Morgan fingerprint density at radius 3 is 2.27 bits per heavy atom. The number of halogens is 1. The lowest BCUT2D eigenvalue weighted by Crippen LogP contribution is -2.63. The summed E-state index contributed by atoms with van der Waals surface area (Å²) in [4.78, 5) is 25.3. The normalized spacial score (nSPS) is 35.8. The molecule has 0 aliphatic heterocycles. The molecule has 6 rings (SSSR count). The molecule has 0 saturated heterocycles. The van der Waals surface area contributed by atoms with Crippen molar-refractivity contribution in [3.8, 4) is 0 Å². The van der Waals surface area contributed by atoms with Gasteiger partial charge in [-0.15, -0.1) is 0 Å². The standard InChI is InChI=1S/C21H26ClN3O4S/c22-15-3-1-2-4-16(15)30(28,29)25-21(5-6-21)19(27)24-17-13-7-12-8-14(17)11-20(9-12,10-13)18(23)26/h1-4,12-14,17,25H,5-11H2,(H2,23,26)(H,24,27). The van der Waals surface area contributed by atoms with Crippen molar-refractivity contribution < 1.29 is 18.0 Å². The van der Waals surface area contributed by atoms with Crippen molar-refractivity contribution >= 4 is 33.4 Å². The number of amides is 2. The van der Waals surface area contributed by atoms with E-state index >= 15 is 0 Å². The van der Waals surface area contributed by atoms with E-state index in [0.29, 0.717) is 18.8 Å². The van der Waals surface area contributed by atoms with E-state index in [9.17, 15) is 18.0 Å². The number of hydrogen-bond acceptors (Lipinski definition) is 4. The van der Waals surface area contributed by atoms with Crippen LogP contribution in [0.25, 0.3) is 0 Å². The Hall–Kier alpha value is -1.64. The van der Waals surface area contributed by atoms with E-state index in [1.807, 2.05) is 0 Å². The van der Waals surface area contributed by atoms with E-state index in [1.165, 1.54) is 12.1 Å². The third kappa shape index (κ3) is 3.15. The van der Waals surface area contributed by atoms with Crippen LogP contribution in [0, 0.1) is 23.2 Å². The lowest BCUT2D eigenvalue weighted by molar-refractivity contribution is -0.147. The number of hydrogen-bond donors (Lipinski definition) is 3. The highest BCUT2D eigenvalue weighted by Gasteiger charge is 2.60. The van der Waals surface area contributed by atoms with Gasteiger partial charge in [-0.25, -0.2) is 8.42 Å². The van der Waals surface area contributed by atoms with E-state index in [0.717, 1.165) is 32.1 Å². The topological polar surface area (TPSA) is 118 Å². The number of rotatable bonds is 6. The van der Waals surface area contributed by atoms with Crippen LogP contribution >= 0.6 is 11.6 Å². The van der Waals surface area contributed by atoms with Gasteiger partial charge in [0.25, 0.3) is 0 Å². The summed E-state index contributed by atoms with van der Waals surface area (Å²) in [5, 5.41) is 3.28. The molecule has 9 heteroatoms. The van der Waals surface area contributed by atoms with Crippen molar-refractivity contribution in [3.05, 3.63) is 29.3 Å². The minimum absolute atomic E-state index is 0.0242. The number of primary amides is 1. The first kappa shape index (κ1) is 20.3. The molecule has 5 saturated carbocycles. The zero-order valence-corrected chi connectivity index (χ0v) is 18.1. The van der Waals surface area contributed by atoms with Crippen molar-refractivity contribution in [1.82, 2.24) is 10.0 Å². The summed E-state index contributed by atoms with van der Waals surface area (Å²) >= 11 is 6.06. The maximum absolute atomic E-state index is 13.2. The molecule has 0 radical (unpaired) electrons. The van der Waals surface area contributed by atoms with Crippen LogP contribution in [0.1, 0.15) is 44.9 Å². The maximum Gasteiger partial charge on any atom is 0.243 e. The van der Waals surface area contributed by atoms with E-state index in [2.05, 4.69) is 10.0 Å². The molecule has 4 N–H and O–H groups in total. The molecule has 1 aromatic carbocycles. The minimum Gasteiger partial charge on any atom is -0.369 e. The molecule has 2 atom stereocenters. The molecular formula is C21H26ClN3O4S. The Morgan fingerprint density at radius 1 is 1.07 bits per heavy atom. The molecule has 4 bridgehead atoms. The Balaban J connectivity index is 1.32. The molecule has 162 valence electrons. The van der Waals surface area contributed by atoms with E-state index < -0.39 is 21.0 Å². The van der Waals surface area contributed by atoms with Crippen LogP contribution < -0.4 is 15.8 Å². The van der Waals surface area contributed by atoms with Gasteiger partial charge in [-0.1, -0.05) is 23.7 Å². The predicted molar refractivity (Wildman–Crippen MR) is 111 cm³/mol. The average Bonchev–Trinajstić information content (AvgIpc) is 3.44. The molecule has 5 fully saturated rings. The van der Waals surface area contributed by atoms with E-state index in [4.69, 9.17) is 17.3 Å². The lowest BCUT2D eigenvalue weighted by atomic mass is 9.47. The first-order valence-electron chi connectivity index (χ1n) is 10.5. The molecule has 0 aromatic heterocycles. The molecule has 5 aliphatic rings. The highest BCUT2D eigenvalue weighted by Crippen LogP contribution is 2.60. The number of carbonyl (C=O) groups is 2. The van der Waals surface area contributed by atoms with Crippen molar-refractivity contribution in [2.24, 2.45) is 28.9 Å². The van der Waals surface area contributed by atoms with Crippen LogP contribution in [0.5, 0.6) is 0 Å². The Bertz CT molecular complexity index is 1010. The summed E-state index contributed by atoms with van der Waals surface area (Å²) in [6.07, 6.45) is 5.22. The van der Waals surface area contributed by atoms with Crippen molar-refractivity contribution in [2.75, 3.05) is 0 Å². The monoisotopic (exact) mass is 451 g/mol. The number of sulfonamides is 1. The number of carbonyl (C=O) groups excluding carboxylic acids is 2. The van der Waals surface area contributed by atoms with Gasteiger partial charge in [-0.2, -0.15) is 4.72 Å².